The standard InChI is InChI=1S/C12H14Cl2FNO/c1-7(2)11(6-13)16-12(17)8-3-4-10(15)9(14)5-8/h3-5,7,11H,6H2,1-2H3,(H,16,17). The molecule has 1 unspecified atom stereocenters. The van der Waals surface area contributed by atoms with Crippen LogP contribution in [0.25, 0.3) is 0 Å². The van der Waals surface area contributed by atoms with Crippen LogP contribution in [0.2, 0.25) is 5.02 Å². The lowest BCUT2D eigenvalue weighted by Crippen LogP contribution is -2.39. The summed E-state index contributed by atoms with van der Waals surface area (Å²) in [5.74, 6) is -0.280. The van der Waals surface area contributed by atoms with Gasteiger partial charge in [-0.3, -0.25) is 4.79 Å². The molecule has 5 heteroatoms. The molecule has 94 valence electrons. The minimum absolute atomic E-state index is 0.0652. The molecule has 1 aromatic rings. The molecule has 0 aromatic heterocycles. The number of alkyl halides is 1. The van der Waals surface area contributed by atoms with E-state index in [0.29, 0.717) is 11.4 Å². The quantitative estimate of drug-likeness (QED) is 0.839. The number of hydrogen-bond donors (Lipinski definition) is 1. The normalized spacial score (nSPS) is 12.6. The maximum absolute atomic E-state index is 12.9. The lowest BCUT2D eigenvalue weighted by molar-refractivity contribution is 0.0931. The molecule has 0 heterocycles. The Labute approximate surface area is 110 Å². The van der Waals surface area contributed by atoms with Crippen molar-refractivity contribution in [3.8, 4) is 0 Å². The Kier molecular flexibility index (Phi) is 5.22. The van der Waals surface area contributed by atoms with E-state index in [1.807, 2.05) is 13.8 Å². The molecule has 0 fully saturated rings. The summed E-state index contributed by atoms with van der Waals surface area (Å²) in [6.07, 6.45) is 0. The van der Waals surface area contributed by atoms with Crippen molar-refractivity contribution >= 4 is 29.1 Å². The van der Waals surface area contributed by atoms with E-state index in [1.165, 1.54) is 18.2 Å². The zero-order valence-electron chi connectivity index (χ0n) is 9.64. The van der Waals surface area contributed by atoms with Crippen LogP contribution in [0.5, 0.6) is 0 Å². The molecular weight excluding hydrogens is 264 g/mol. The molecule has 0 saturated carbocycles. The van der Waals surface area contributed by atoms with Crippen molar-refractivity contribution in [2.24, 2.45) is 5.92 Å². The van der Waals surface area contributed by atoms with Crippen LogP contribution < -0.4 is 5.32 Å². The third-order valence-electron chi connectivity index (χ3n) is 2.47. The van der Waals surface area contributed by atoms with Crippen LogP contribution in [0.4, 0.5) is 4.39 Å². The summed E-state index contributed by atoms with van der Waals surface area (Å²) in [4.78, 5) is 11.8. The fourth-order valence-electron chi connectivity index (χ4n) is 1.27. The predicted octanol–water partition coefficient (Wildman–Crippen LogP) is 3.47. The fourth-order valence-corrected chi connectivity index (χ4v) is 1.89. The highest BCUT2D eigenvalue weighted by Gasteiger charge is 2.16. The van der Waals surface area contributed by atoms with Crippen molar-refractivity contribution in [2.75, 3.05) is 5.88 Å². The number of rotatable bonds is 4. The lowest BCUT2D eigenvalue weighted by atomic mass is 10.1. The fraction of sp³-hybridized carbons (Fsp3) is 0.417. The van der Waals surface area contributed by atoms with Gasteiger partial charge in [0.25, 0.3) is 5.91 Å². The number of carbonyl (C=O) groups excluding carboxylic acids is 1. The first-order valence-corrected chi connectivity index (χ1v) is 6.18. The molecule has 0 radical (unpaired) electrons. The van der Waals surface area contributed by atoms with E-state index in [-0.39, 0.29) is 22.9 Å². The van der Waals surface area contributed by atoms with Crippen LogP contribution >= 0.6 is 23.2 Å². The molecule has 17 heavy (non-hydrogen) atoms. The molecule has 0 saturated heterocycles. The van der Waals surface area contributed by atoms with Crippen LogP contribution in [-0.4, -0.2) is 17.8 Å². The molecular formula is C12H14Cl2FNO. The van der Waals surface area contributed by atoms with Gasteiger partial charge in [0.1, 0.15) is 5.82 Å². The third kappa shape index (κ3) is 3.86. The Hall–Kier alpha value is -0.800. The molecule has 1 amide bonds. The summed E-state index contributed by atoms with van der Waals surface area (Å²) in [5.41, 5.74) is 0.326. The topological polar surface area (TPSA) is 29.1 Å². The summed E-state index contributed by atoms with van der Waals surface area (Å²) in [7, 11) is 0. The zero-order chi connectivity index (χ0) is 13.0. The Morgan fingerprint density at radius 2 is 2.12 bits per heavy atom. The van der Waals surface area contributed by atoms with Gasteiger partial charge in [0.05, 0.1) is 5.02 Å². The van der Waals surface area contributed by atoms with Gasteiger partial charge in [0, 0.05) is 17.5 Å². The van der Waals surface area contributed by atoms with Crippen molar-refractivity contribution < 1.29 is 9.18 Å². The van der Waals surface area contributed by atoms with E-state index < -0.39 is 5.82 Å². The molecule has 0 bridgehead atoms. The van der Waals surface area contributed by atoms with Crippen LogP contribution in [0.1, 0.15) is 24.2 Å². The van der Waals surface area contributed by atoms with Gasteiger partial charge < -0.3 is 5.32 Å². The van der Waals surface area contributed by atoms with E-state index in [9.17, 15) is 9.18 Å². The molecule has 0 spiro atoms. The van der Waals surface area contributed by atoms with Gasteiger partial charge in [0.15, 0.2) is 0 Å². The maximum Gasteiger partial charge on any atom is 0.251 e. The molecule has 0 aliphatic heterocycles. The van der Waals surface area contributed by atoms with Gasteiger partial charge in [0.2, 0.25) is 0 Å². The third-order valence-corrected chi connectivity index (χ3v) is 3.09. The summed E-state index contributed by atoms with van der Waals surface area (Å²) in [6, 6.07) is 3.75. The first-order chi connectivity index (χ1) is 7.95. The molecule has 1 aromatic carbocycles. The monoisotopic (exact) mass is 277 g/mol. The van der Waals surface area contributed by atoms with Crippen LogP contribution in [0, 0.1) is 11.7 Å². The number of halogens is 3. The van der Waals surface area contributed by atoms with E-state index >= 15 is 0 Å². The molecule has 1 rings (SSSR count). The van der Waals surface area contributed by atoms with Gasteiger partial charge in [-0.1, -0.05) is 25.4 Å². The van der Waals surface area contributed by atoms with Crippen LogP contribution in [-0.2, 0) is 0 Å². The minimum atomic E-state index is -0.541. The summed E-state index contributed by atoms with van der Waals surface area (Å²) >= 11 is 11.4. The maximum atomic E-state index is 12.9. The van der Waals surface area contributed by atoms with Gasteiger partial charge in [-0.05, 0) is 24.1 Å². The van der Waals surface area contributed by atoms with Gasteiger partial charge in [-0.25, -0.2) is 4.39 Å². The smallest absolute Gasteiger partial charge is 0.251 e. The second-order valence-corrected chi connectivity index (χ2v) is 4.82. The number of hydrogen-bond acceptors (Lipinski definition) is 1. The van der Waals surface area contributed by atoms with Crippen LogP contribution in [0.15, 0.2) is 18.2 Å². The molecule has 2 nitrogen and oxygen atoms in total. The van der Waals surface area contributed by atoms with Gasteiger partial charge >= 0.3 is 0 Å². The summed E-state index contributed by atoms with van der Waals surface area (Å²) in [5, 5.41) is 2.71. The van der Waals surface area contributed by atoms with Gasteiger partial charge in [-0.15, -0.1) is 11.6 Å². The summed E-state index contributed by atoms with van der Waals surface area (Å²) < 4.78 is 12.9. The Bertz CT molecular complexity index is 409. The van der Waals surface area contributed by atoms with Crippen molar-refractivity contribution in [2.45, 2.75) is 19.9 Å². The van der Waals surface area contributed by atoms with Crippen LogP contribution in [0.3, 0.4) is 0 Å². The SMILES string of the molecule is CC(C)C(CCl)NC(=O)c1ccc(F)c(Cl)c1. The van der Waals surface area contributed by atoms with E-state index in [1.54, 1.807) is 0 Å². The number of amides is 1. The van der Waals surface area contributed by atoms with E-state index in [4.69, 9.17) is 23.2 Å². The second kappa shape index (κ2) is 6.22. The minimum Gasteiger partial charge on any atom is -0.348 e. The highest BCUT2D eigenvalue weighted by Crippen LogP contribution is 2.16. The van der Waals surface area contributed by atoms with E-state index in [0.717, 1.165) is 0 Å². The first-order valence-electron chi connectivity index (χ1n) is 5.27. The molecule has 0 aliphatic carbocycles. The van der Waals surface area contributed by atoms with E-state index in [2.05, 4.69) is 5.32 Å². The zero-order valence-corrected chi connectivity index (χ0v) is 11.1. The number of carbonyl (C=O) groups is 1. The largest absolute Gasteiger partial charge is 0.348 e. The highest BCUT2D eigenvalue weighted by molar-refractivity contribution is 6.31. The Morgan fingerprint density at radius 3 is 2.59 bits per heavy atom. The average Bonchev–Trinajstić information content (AvgIpc) is 2.28. The number of benzene rings is 1. The van der Waals surface area contributed by atoms with Crippen molar-refractivity contribution in [3.05, 3.63) is 34.6 Å². The number of nitrogens with one attached hydrogen (secondary N) is 1. The summed E-state index contributed by atoms with van der Waals surface area (Å²) in [6.45, 7) is 3.93. The Balaban J connectivity index is 2.79. The Morgan fingerprint density at radius 1 is 1.47 bits per heavy atom. The highest BCUT2D eigenvalue weighted by atomic mass is 35.5. The lowest BCUT2D eigenvalue weighted by Gasteiger charge is -2.19. The molecule has 1 atom stereocenters. The van der Waals surface area contributed by atoms with Crippen molar-refractivity contribution in [3.63, 3.8) is 0 Å². The molecule has 1 N–H and O–H groups in total. The molecule has 0 aliphatic rings. The first kappa shape index (κ1) is 14.3. The average molecular weight is 278 g/mol. The van der Waals surface area contributed by atoms with Gasteiger partial charge in [-0.2, -0.15) is 0 Å². The second-order valence-electron chi connectivity index (χ2n) is 4.11. The van der Waals surface area contributed by atoms with Crippen molar-refractivity contribution in [1.82, 2.24) is 5.32 Å². The van der Waals surface area contributed by atoms with Crippen molar-refractivity contribution in [1.29, 1.82) is 0 Å². The predicted molar refractivity (Wildman–Crippen MR) is 68.2 cm³/mol.